The van der Waals surface area contributed by atoms with Crippen molar-refractivity contribution in [3.8, 4) is 6.07 Å². The first-order chi connectivity index (χ1) is 10.2. The summed E-state index contributed by atoms with van der Waals surface area (Å²) in [6.07, 6.45) is 0.875. The van der Waals surface area contributed by atoms with Crippen LogP contribution in [0.15, 0.2) is 23.2 Å². The number of benzene rings is 1. The van der Waals surface area contributed by atoms with Gasteiger partial charge >= 0.3 is 0 Å². The Balaban J connectivity index is 0.00000441. The maximum Gasteiger partial charge on any atom is 0.191 e. The molecular weight excluding hydrogens is 398 g/mol. The second-order valence-electron chi connectivity index (χ2n) is 4.32. The number of nitrogens with zero attached hydrogens (tertiary/aromatic N) is 2. The SMILES string of the molecule is CCOCCCNC(=NC)NCc1ccc(C#N)cc1F.I. The highest BCUT2D eigenvalue weighted by molar-refractivity contribution is 14.0. The van der Waals surface area contributed by atoms with Crippen molar-refractivity contribution in [2.45, 2.75) is 19.9 Å². The molecule has 0 spiro atoms. The Kier molecular flexibility index (Phi) is 11.4. The first kappa shape index (κ1) is 20.6. The molecule has 0 unspecified atom stereocenters. The highest BCUT2D eigenvalue weighted by Gasteiger charge is 2.04. The fourth-order valence-electron chi connectivity index (χ4n) is 1.69. The molecule has 0 saturated carbocycles. The van der Waals surface area contributed by atoms with E-state index in [1.165, 1.54) is 6.07 Å². The van der Waals surface area contributed by atoms with E-state index < -0.39 is 5.82 Å². The van der Waals surface area contributed by atoms with Crippen LogP contribution >= 0.6 is 24.0 Å². The van der Waals surface area contributed by atoms with E-state index in [2.05, 4.69) is 15.6 Å². The van der Waals surface area contributed by atoms with E-state index in [0.717, 1.165) is 13.0 Å². The predicted octanol–water partition coefficient (Wildman–Crippen LogP) is 2.41. The van der Waals surface area contributed by atoms with Crippen molar-refractivity contribution in [2.75, 3.05) is 26.8 Å². The smallest absolute Gasteiger partial charge is 0.191 e. The number of nitriles is 1. The largest absolute Gasteiger partial charge is 0.382 e. The van der Waals surface area contributed by atoms with Crippen LogP contribution < -0.4 is 10.6 Å². The molecule has 22 heavy (non-hydrogen) atoms. The van der Waals surface area contributed by atoms with Gasteiger partial charge in [0.1, 0.15) is 5.82 Å². The van der Waals surface area contributed by atoms with Crippen molar-refractivity contribution in [1.29, 1.82) is 5.26 Å². The molecule has 1 aromatic carbocycles. The number of ether oxygens (including phenoxy) is 1. The molecule has 0 bridgehead atoms. The lowest BCUT2D eigenvalue weighted by molar-refractivity contribution is 0.145. The van der Waals surface area contributed by atoms with Crippen LogP contribution in [0, 0.1) is 17.1 Å². The molecule has 5 nitrogen and oxygen atoms in total. The van der Waals surface area contributed by atoms with Crippen molar-refractivity contribution in [3.63, 3.8) is 0 Å². The summed E-state index contributed by atoms with van der Waals surface area (Å²) in [5.41, 5.74) is 0.806. The third-order valence-corrected chi connectivity index (χ3v) is 2.81. The van der Waals surface area contributed by atoms with Crippen LogP contribution in [-0.2, 0) is 11.3 Å². The van der Waals surface area contributed by atoms with Gasteiger partial charge in [-0.15, -0.1) is 24.0 Å². The van der Waals surface area contributed by atoms with Crippen molar-refractivity contribution < 1.29 is 9.13 Å². The van der Waals surface area contributed by atoms with Crippen LogP contribution in [-0.4, -0.2) is 32.8 Å². The van der Waals surface area contributed by atoms with Crippen LogP contribution in [0.25, 0.3) is 0 Å². The second kappa shape index (κ2) is 12.2. The zero-order valence-corrected chi connectivity index (χ0v) is 15.2. The molecule has 0 fully saturated rings. The minimum Gasteiger partial charge on any atom is -0.382 e. The third kappa shape index (κ3) is 7.56. The highest BCUT2D eigenvalue weighted by atomic mass is 127. The summed E-state index contributed by atoms with van der Waals surface area (Å²) in [6, 6.07) is 6.33. The van der Waals surface area contributed by atoms with Crippen LogP contribution in [0.2, 0.25) is 0 Å². The van der Waals surface area contributed by atoms with Gasteiger partial charge in [-0.25, -0.2) is 4.39 Å². The van der Waals surface area contributed by atoms with Gasteiger partial charge in [0.15, 0.2) is 5.96 Å². The van der Waals surface area contributed by atoms with Crippen LogP contribution in [0.3, 0.4) is 0 Å². The van der Waals surface area contributed by atoms with E-state index >= 15 is 0 Å². The van der Waals surface area contributed by atoms with Crippen molar-refractivity contribution >= 4 is 29.9 Å². The fourth-order valence-corrected chi connectivity index (χ4v) is 1.69. The average Bonchev–Trinajstić information content (AvgIpc) is 2.51. The van der Waals surface area contributed by atoms with Gasteiger partial charge in [-0.2, -0.15) is 5.26 Å². The molecule has 1 rings (SSSR count). The van der Waals surface area contributed by atoms with E-state index in [0.29, 0.717) is 36.8 Å². The summed E-state index contributed by atoms with van der Waals surface area (Å²) < 4.78 is 19.0. The van der Waals surface area contributed by atoms with Crippen molar-refractivity contribution in [2.24, 2.45) is 4.99 Å². The lowest BCUT2D eigenvalue weighted by Crippen LogP contribution is -2.37. The number of aliphatic imine (C=N–C) groups is 1. The molecule has 1 aromatic rings. The van der Waals surface area contributed by atoms with E-state index in [-0.39, 0.29) is 24.0 Å². The standard InChI is InChI=1S/C15H21FN4O.HI/c1-3-21-8-4-7-19-15(18-2)20-11-13-6-5-12(10-17)9-14(13)16;/h5-6,9H,3-4,7-8,11H2,1-2H3,(H2,18,19,20);1H. The van der Waals surface area contributed by atoms with Gasteiger partial charge in [-0.05, 0) is 25.5 Å². The molecule has 0 aliphatic rings. The highest BCUT2D eigenvalue weighted by Crippen LogP contribution is 2.09. The Labute approximate surface area is 148 Å². The molecule has 0 saturated heterocycles. The van der Waals surface area contributed by atoms with Crippen molar-refractivity contribution in [3.05, 3.63) is 35.1 Å². The van der Waals surface area contributed by atoms with Gasteiger partial charge in [0.05, 0.1) is 11.6 Å². The Morgan fingerprint density at radius 3 is 2.77 bits per heavy atom. The van der Waals surface area contributed by atoms with Gasteiger partial charge in [-0.3, -0.25) is 4.99 Å². The molecular formula is C15H22FIN4O. The second-order valence-corrected chi connectivity index (χ2v) is 4.32. The fraction of sp³-hybridized carbons (Fsp3) is 0.467. The molecule has 0 atom stereocenters. The average molecular weight is 420 g/mol. The number of guanidine groups is 1. The van der Waals surface area contributed by atoms with E-state index in [4.69, 9.17) is 10.00 Å². The lowest BCUT2D eigenvalue weighted by Gasteiger charge is -2.12. The number of hydrogen-bond donors (Lipinski definition) is 2. The van der Waals surface area contributed by atoms with Crippen molar-refractivity contribution in [1.82, 2.24) is 10.6 Å². The summed E-state index contributed by atoms with van der Waals surface area (Å²) in [5.74, 6) is 0.212. The first-order valence-corrected chi connectivity index (χ1v) is 6.92. The van der Waals surface area contributed by atoms with Gasteiger partial charge in [0.25, 0.3) is 0 Å². The summed E-state index contributed by atoms with van der Waals surface area (Å²) in [4.78, 5) is 4.06. The third-order valence-electron chi connectivity index (χ3n) is 2.81. The summed E-state index contributed by atoms with van der Waals surface area (Å²) in [6.45, 7) is 4.41. The van der Waals surface area contributed by atoms with Crippen LogP contribution in [0.4, 0.5) is 4.39 Å². The number of rotatable bonds is 7. The zero-order valence-electron chi connectivity index (χ0n) is 12.9. The van der Waals surface area contributed by atoms with Gasteiger partial charge in [0, 0.05) is 38.9 Å². The first-order valence-electron chi connectivity index (χ1n) is 6.92. The number of halogens is 2. The van der Waals surface area contributed by atoms with Gasteiger partial charge in [0.2, 0.25) is 0 Å². The molecule has 0 aromatic heterocycles. The molecule has 0 aliphatic carbocycles. The Bertz CT molecular complexity index is 517. The van der Waals surface area contributed by atoms with Gasteiger partial charge in [-0.1, -0.05) is 6.07 Å². The van der Waals surface area contributed by atoms with E-state index in [9.17, 15) is 4.39 Å². The van der Waals surface area contributed by atoms with Crippen LogP contribution in [0.1, 0.15) is 24.5 Å². The van der Waals surface area contributed by atoms with Gasteiger partial charge < -0.3 is 15.4 Å². The topological polar surface area (TPSA) is 69.4 Å². The zero-order chi connectivity index (χ0) is 15.5. The Morgan fingerprint density at radius 2 is 2.18 bits per heavy atom. The van der Waals surface area contributed by atoms with E-state index in [1.807, 2.05) is 13.0 Å². The molecule has 0 radical (unpaired) electrons. The lowest BCUT2D eigenvalue weighted by atomic mass is 10.1. The maximum absolute atomic E-state index is 13.7. The molecule has 7 heteroatoms. The summed E-state index contributed by atoms with van der Waals surface area (Å²) >= 11 is 0. The maximum atomic E-state index is 13.7. The summed E-state index contributed by atoms with van der Waals surface area (Å²) in [5, 5.41) is 14.9. The Hall–Kier alpha value is -1.40. The number of hydrogen-bond acceptors (Lipinski definition) is 3. The normalized spacial score (nSPS) is 10.5. The molecule has 0 amide bonds. The molecule has 2 N–H and O–H groups in total. The number of nitrogens with one attached hydrogen (secondary N) is 2. The molecule has 0 aliphatic heterocycles. The molecule has 0 heterocycles. The predicted molar refractivity (Wildman–Crippen MR) is 95.8 cm³/mol. The minimum atomic E-state index is -0.395. The monoisotopic (exact) mass is 420 g/mol. The minimum absolute atomic E-state index is 0. The summed E-state index contributed by atoms with van der Waals surface area (Å²) in [7, 11) is 1.66. The van der Waals surface area contributed by atoms with Crippen LogP contribution in [0.5, 0.6) is 0 Å². The van der Waals surface area contributed by atoms with E-state index in [1.54, 1.807) is 19.2 Å². The Morgan fingerprint density at radius 1 is 1.41 bits per heavy atom. The molecule has 122 valence electrons. The quantitative estimate of drug-likeness (QED) is 0.308.